The molecule has 130 valence electrons. The molecule has 1 N–H and O–H groups in total. The average molecular weight is 338 g/mol. The maximum absolute atomic E-state index is 12.0. The van der Waals surface area contributed by atoms with E-state index in [1.54, 1.807) is 4.68 Å². The zero-order chi connectivity index (χ0) is 17.6. The van der Waals surface area contributed by atoms with Crippen molar-refractivity contribution in [3.05, 3.63) is 42.7 Å². The van der Waals surface area contributed by atoms with Gasteiger partial charge in [-0.1, -0.05) is 6.07 Å². The molecule has 0 saturated carbocycles. The van der Waals surface area contributed by atoms with Gasteiger partial charge >= 0.3 is 6.03 Å². The number of likely N-dealkylation sites (tertiary alicyclic amines) is 1. The molecule has 2 amide bonds. The molecule has 0 unspecified atom stereocenters. The predicted molar refractivity (Wildman–Crippen MR) is 95.4 cm³/mol. The van der Waals surface area contributed by atoms with Crippen LogP contribution in [0.4, 0.5) is 4.79 Å². The molecule has 7 nitrogen and oxygen atoms in total. The van der Waals surface area contributed by atoms with Crippen LogP contribution in [0, 0.1) is 0 Å². The first-order valence-electron chi connectivity index (χ1n) is 8.52. The van der Waals surface area contributed by atoms with Crippen LogP contribution in [0.15, 0.2) is 37.1 Å². The SMILES string of the molecule is CC(C)NC(=O)N1CC(c2ncn3cc(-c4cnn(C)c4)ccc23)C1. The number of amides is 2. The molecule has 1 aliphatic rings. The van der Waals surface area contributed by atoms with Crippen molar-refractivity contribution in [1.82, 2.24) is 29.4 Å². The van der Waals surface area contributed by atoms with Crippen LogP contribution in [0.25, 0.3) is 16.6 Å². The minimum atomic E-state index is 0.00799. The lowest BCUT2D eigenvalue weighted by Crippen LogP contribution is -2.53. The third-order valence-electron chi connectivity index (χ3n) is 4.57. The summed E-state index contributed by atoms with van der Waals surface area (Å²) in [6, 6.07) is 4.36. The van der Waals surface area contributed by atoms with E-state index in [-0.39, 0.29) is 12.1 Å². The lowest BCUT2D eigenvalue weighted by atomic mass is 9.95. The molecule has 1 aliphatic heterocycles. The number of hydrogen-bond donors (Lipinski definition) is 1. The second-order valence-electron chi connectivity index (χ2n) is 6.95. The van der Waals surface area contributed by atoms with Crippen LogP contribution in [0.2, 0.25) is 0 Å². The van der Waals surface area contributed by atoms with Gasteiger partial charge in [-0.25, -0.2) is 9.78 Å². The first-order chi connectivity index (χ1) is 12.0. The number of fused-ring (bicyclic) bond motifs is 1. The van der Waals surface area contributed by atoms with E-state index < -0.39 is 0 Å². The van der Waals surface area contributed by atoms with E-state index in [0.29, 0.717) is 5.92 Å². The highest BCUT2D eigenvalue weighted by Gasteiger charge is 2.34. The van der Waals surface area contributed by atoms with E-state index >= 15 is 0 Å². The predicted octanol–water partition coefficient (Wildman–Crippen LogP) is 2.25. The van der Waals surface area contributed by atoms with Gasteiger partial charge in [0.1, 0.15) is 0 Å². The van der Waals surface area contributed by atoms with Gasteiger partial charge < -0.3 is 14.6 Å². The van der Waals surface area contributed by atoms with Crippen molar-refractivity contribution in [2.75, 3.05) is 13.1 Å². The summed E-state index contributed by atoms with van der Waals surface area (Å²) >= 11 is 0. The van der Waals surface area contributed by atoms with Gasteiger partial charge in [0.2, 0.25) is 0 Å². The van der Waals surface area contributed by atoms with Crippen LogP contribution in [0.3, 0.4) is 0 Å². The molecule has 1 fully saturated rings. The van der Waals surface area contributed by atoms with Gasteiger partial charge in [0, 0.05) is 55.6 Å². The van der Waals surface area contributed by atoms with Crippen molar-refractivity contribution in [1.29, 1.82) is 0 Å². The molecule has 7 heteroatoms. The van der Waals surface area contributed by atoms with Crippen molar-refractivity contribution < 1.29 is 4.79 Å². The average Bonchev–Trinajstić information content (AvgIpc) is 3.11. The molecule has 4 rings (SSSR count). The van der Waals surface area contributed by atoms with Crippen LogP contribution in [-0.2, 0) is 7.05 Å². The molecule has 3 aromatic heterocycles. The van der Waals surface area contributed by atoms with Gasteiger partial charge in [-0.15, -0.1) is 0 Å². The van der Waals surface area contributed by atoms with Gasteiger partial charge in [0.25, 0.3) is 0 Å². The summed E-state index contributed by atoms with van der Waals surface area (Å²) in [5.74, 6) is 0.298. The van der Waals surface area contributed by atoms with Gasteiger partial charge in [-0.3, -0.25) is 4.68 Å². The summed E-state index contributed by atoms with van der Waals surface area (Å²) in [7, 11) is 1.91. The normalized spacial score (nSPS) is 15.0. The van der Waals surface area contributed by atoms with Crippen LogP contribution < -0.4 is 5.32 Å². The number of imidazole rings is 1. The molecule has 25 heavy (non-hydrogen) atoms. The standard InChI is InChI=1S/C18H22N6O/c1-12(2)21-18(25)23-9-15(10-23)17-16-5-4-13(8-24(16)11-19-17)14-6-20-22(3)7-14/h4-8,11-12,15H,9-10H2,1-3H3,(H,21,25). The zero-order valence-corrected chi connectivity index (χ0v) is 14.7. The molecule has 0 aromatic carbocycles. The largest absolute Gasteiger partial charge is 0.336 e. The number of carbonyl (C=O) groups excluding carboxylic acids is 1. The Bertz CT molecular complexity index is 919. The summed E-state index contributed by atoms with van der Waals surface area (Å²) in [5.41, 5.74) is 4.35. The van der Waals surface area contributed by atoms with E-state index in [2.05, 4.69) is 38.1 Å². The van der Waals surface area contributed by atoms with Crippen molar-refractivity contribution in [2.45, 2.75) is 25.8 Å². The minimum absolute atomic E-state index is 0.00799. The topological polar surface area (TPSA) is 67.5 Å². The molecular formula is C18H22N6O. The smallest absolute Gasteiger partial charge is 0.317 e. The van der Waals surface area contributed by atoms with Crippen molar-refractivity contribution in [2.24, 2.45) is 7.05 Å². The zero-order valence-electron chi connectivity index (χ0n) is 14.7. The van der Waals surface area contributed by atoms with Crippen molar-refractivity contribution >= 4 is 11.5 Å². The summed E-state index contributed by atoms with van der Waals surface area (Å²) in [4.78, 5) is 18.4. The fourth-order valence-electron chi connectivity index (χ4n) is 3.23. The van der Waals surface area contributed by atoms with Crippen molar-refractivity contribution in [3.8, 4) is 11.1 Å². The Hall–Kier alpha value is -2.83. The number of nitrogens with zero attached hydrogens (tertiary/aromatic N) is 5. The van der Waals surface area contributed by atoms with E-state index in [9.17, 15) is 4.79 Å². The highest BCUT2D eigenvalue weighted by Crippen LogP contribution is 2.30. The second-order valence-corrected chi connectivity index (χ2v) is 6.95. The molecule has 1 saturated heterocycles. The van der Waals surface area contributed by atoms with Gasteiger partial charge in [-0.05, 0) is 19.9 Å². The number of aromatic nitrogens is 4. The third kappa shape index (κ3) is 2.86. The number of pyridine rings is 1. The molecule has 0 spiro atoms. The highest BCUT2D eigenvalue weighted by atomic mass is 16.2. The summed E-state index contributed by atoms with van der Waals surface area (Å²) in [5, 5.41) is 7.15. The van der Waals surface area contributed by atoms with Gasteiger partial charge in [0.05, 0.1) is 23.7 Å². The Labute approximate surface area is 146 Å². The number of hydrogen-bond acceptors (Lipinski definition) is 3. The van der Waals surface area contributed by atoms with E-state index in [0.717, 1.165) is 35.4 Å². The monoisotopic (exact) mass is 338 g/mol. The lowest BCUT2D eigenvalue weighted by molar-refractivity contribution is 0.148. The third-order valence-corrected chi connectivity index (χ3v) is 4.57. The number of carbonyl (C=O) groups is 1. The quantitative estimate of drug-likeness (QED) is 0.796. The number of nitrogens with one attached hydrogen (secondary N) is 1. The molecule has 0 aliphatic carbocycles. The fourth-order valence-corrected chi connectivity index (χ4v) is 3.23. The maximum Gasteiger partial charge on any atom is 0.317 e. The van der Waals surface area contributed by atoms with Gasteiger partial charge in [0.15, 0.2) is 0 Å². The first kappa shape index (κ1) is 15.7. The Morgan fingerprint density at radius 3 is 2.72 bits per heavy atom. The van der Waals surface area contributed by atoms with Crippen molar-refractivity contribution in [3.63, 3.8) is 0 Å². The van der Waals surface area contributed by atoms with Crippen LogP contribution in [0.5, 0.6) is 0 Å². The van der Waals surface area contributed by atoms with E-state index in [4.69, 9.17) is 0 Å². The molecule has 0 radical (unpaired) electrons. The molecular weight excluding hydrogens is 316 g/mol. The molecule has 4 heterocycles. The number of rotatable bonds is 3. The Morgan fingerprint density at radius 1 is 1.24 bits per heavy atom. The number of aryl methyl sites for hydroxylation is 1. The Morgan fingerprint density at radius 2 is 2.04 bits per heavy atom. The molecule has 3 aromatic rings. The van der Waals surface area contributed by atoms with E-state index in [1.165, 1.54) is 0 Å². The Balaban J connectivity index is 1.52. The molecule has 0 atom stereocenters. The first-order valence-corrected chi connectivity index (χ1v) is 8.52. The van der Waals surface area contributed by atoms with Crippen LogP contribution in [0.1, 0.15) is 25.5 Å². The Kier molecular flexibility index (Phi) is 3.71. The fraction of sp³-hybridized carbons (Fsp3) is 0.389. The molecule has 0 bridgehead atoms. The van der Waals surface area contributed by atoms with Crippen LogP contribution in [-0.4, -0.2) is 49.2 Å². The second kappa shape index (κ2) is 5.91. The summed E-state index contributed by atoms with van der Waals surface area (Å²) < 4.78 is 3.85. The number of urea groups is 1. The summed E-state index contributed by atoms with van der Waals surface area (Å²) in [6.07, 6.45) is 7.78. The highest BCUT2D eigenvalue weighted by molar-refractivity contribution is 5.76. The maximum atomic E-state index is 12.0. The van der Waals surface area contributed by atoms with Crippen LogP contribution >= 0.6 is 0 Å². The lowest BCUT2D eigenvalue weighted by Gasteiger charge is -2.38. The van der Waals surface area contributed by atoms with Gasteiger partial charge in [-0.2, -0.15) is 5.10 Å². The minimum Gasteiger partial charge on any atom is -0.336 e. The summed E-state index contributed by atoms with van der Waals surface area (Å²) in [6.45, 7) is 5.38. The van der Waals surface area contributed by atoms with E-state index in [1.807, 2.05) is 44.5 Å².